The van der Waals surface area contributed by atoms with E-state index in [4.69, 9.17) is 9.47 Å². The van der Waals surface area contributed by atoms with Crippen molar-refractivity contribution in [2.45, 2.75) is 20.3 Å². The molecule has 0 aromatic heterocycles. The van der Waals surface area contributed by atoms with Crippen LogP contribution in [0.2, 0.25) is 0 Å². The maximum atomic E-state index is 5.31. The topological polar surface area (TPSA) is 21.7 Å². The van der Waals surface area contributed by atoms with Crippen LogP contribution >= 0.6 is 0 Å². The SMILES string of the molecule is COCN(C)CCc1cc(C)c(OC)cc1C. The second-order valence-corrected chi connectivity index (χ2v) is 4.50. The van der Waals surface area contributed by atoms with Crippen molar-refractivity contribution in [1.29, 1.82) is 0 Å². The van der Waals surface area contributed by atoms with Crippen LogP contribution in [0.5, 0.6) is 5.75 Å². The molecule has 96 valence electrons. The zero-order chi connectivity index (χ0) is 12.8. The summed E-state index contributed by atoms with van der Waals surface area (Å²) < 4.78 is 10.4. The molecule has 0 aliphatic rings. The first kappa shape index (κ1) is 14.0. The maximum Gasteiger partial charge on any atom is 0.122 e. The van der Waals surface area contributed by atoms with Gasteiger partial charge in [0, 0.05) is 13.7 Å². The Labute approximate surface area is 104 Å². The van der Waals surface area contributed by atoms with Gasteiger partial charge < -0.3 is 9.47 Å². The number of aryl methyl sites for hydroxylation is 2. The lowest BCUT2D eigenvalue weighted by molar-refractivity contribution is 0.0827. The summed E-state index contributed by atoms with van der Waals surface area (Å²) in [5.74, 6) is 0.969. The Hall–Kier alpha value is -1.06. The van der Waals surface area contributed by atoms with Gasteiger partial charge in [-0.15, -0.1) is 0 Å². The molecule has 0 saturated heterocycles. The minimum atomic E-state index is 0.675. The molecule has 0 aliphatic carbocycles. The third kappa shape index (κ3) is 4.02. The summed E-state index contributed by atoms with van der Waals surface area (Å²) in [6.45, 7) is 5.89. The zero-order valence-electron chi connectivity index (χ0n) is 11.5. The number of hydrogen-bond acceptors (Lipinski definition) is 3. The number of nitrogens with zero attached hydrogens (tertiary/aromatic N) is 1. The number of ether oxygens (including phenoxy) is 2. The Bertz CT molecular complexity index is 363. The van der Waals surface area contributed by atoms with Crippen molar-refractivity contribution in [3.63, 3.8) is 0 Å². The average molecular weight is 237 g/mol. The van der Waals surface area contributed by atoms with Gasteiger partial charge in [0.2, 0.25) is 0 Å². The van der Waals surface area contributed by atoms with Gasteiger partial charge in [-0.05, 0) is 50.1 Å². The van der Waals surface area contributed by atoms with Crippen LogP contribution in [0.15, 0.2) is 12.1 Å². The first-order valence-electron chi connectivity index (χ1n) is 5.90. The van der Waals surface area contributed by atoms with E-state index in [0.717, 1.165) is 18.7 Å². The van der Waals surface area contributed by atoms with Crippen LogP contribution in [0.4, 0.5) is 0 Å². The molecule has 0 aliphatic heterocycles. The monoisotopic (exact) mass is 237 g/mol. The normalized spacial score (nSPS) is 10.9. The van der Waals surface area contributed by atoms with Gasteiger partial charge in [-0.1, -0.05) is 6.07 Å². The van der Waals surface area contributed by atoms with Gasteiger partial charge in [-0.2, -0.15) is 0 Å². The predicted octanol–water partition coefficient (Wildman–Crippen LogP) is 2.39. The lowest BCUT2D eigenvalue weighted by Crippen LogP contribution is -2.23. The van der Waals surface area contributed by atoms with E-state index in [0.29, 0.717) is 6.73 Å². The maximum absolute atomic E-state index is 5.31. The number of benzene rings is 1. The highest BCUT2D eigenvalue weighted by Crippen LogP contribution is 2.22. The van der Waals surface area contributed by atoms with Gasteiger partial charge >= 0.3 is 0 Å². The summed E-state index contributed by atoms with van der Waals surface area (Å²) in [4.78, 5) is 2.17. The van der Waals surface area contributed by atoms with E-state index in [-0.39, 0.29) is 0 Å². The summed E-state index contributed by atoms with van der Waals surface area (Å²) in [5.41, 5.74) is 3.87. The number of hydrogen-bond donors (Lipinski definition) is 0. The second kappa shape index (κ2) is 6.62. The van der Waals surface area contributed by atoms with E-state index in [9.17, 15) is 0 Å². The Morgan fingerprint density at radius 2 is 1.82 bits per heavy atom. The molecule has 0 bridgehead atoms. The fourth-order valence-electron chi connectivity index (χ4n) is 1.93. The molecule has 0 radical (unpaired) electrons. The Morgan fingerprint density at radius 3 is 2.41 bits per heavy atom. The summed E-state index contributed by atoms with van der Waals surface area (Å²) in [6, 6.07) is 4.33. The highest BCUT2D eigenvalue weighted by Gasteiger charge is 2.06. The summed E-state index contributed by atoms with van der Waals surface area (Å²) in [6.07, 6.45) is 1.04. The molecule has 0 unspecified atom stereocenters. The van der Waals surface area contributed by atoms with Crippen LogP contribution in [0, 0.1) is 13.8 Å². The molecule has 0 N–H and O–H groups in total. The van der Waals surface area contributed by atoms with Crippen molar-refractivity contribution in [3.8, 4) is 5.75 Å². The zero-order valence-corrected chi connectivity index (χ0v) is 11.5. The Balaban J connectivity index is 2.68. The van der Waals surface area contributed by atoms with Crippen molar-refractivity contribution >= 4 is 0 Å². The highest BCUT2D eigenvalue weighted by molar-refractivity contribution is 5.41. The van der Waals surface area contributed by atoms with Crippen molar-refractivity contribution in [2.75, 3.05) is 34.5 Å². The van der Waals surface area contributed by atoms with Gasteiger partial charge in [-0.25, -0.2) is 0 Å². The molecule has 17 heavy (non-hydrogen) atoms. The van der Waals surface area contributed by atoms with Gasteiger partial charge in [0.25, 0.3) is 0 Å². The van der Waals surface area contributed by atoms with Crippen molar-refractivity contribution in [2.24, 2.45) is 0 Å². The van der Waals surface area contributed by atoms with Crippen molar-refractivity contribution in [1.82, 2.24) is 4.90 Å². The molecule has 0 amide bonds. The molecule has 1 aromatic carbocycles. The number of likely N-dealkylation sites (N-methyl/N-ethyl adjacent to an activating group) is 1. The van der Waals surface area contributed by atoms with Crippen LogP contribution in [-0.2, 0) is 11.2 Å². The molecular weight excluding hydrogens is 214 g/mol. The second-order valence-electron chi connectivity index (χ2n) is 4.50. The van der Waals surface area contributed by atoms with E-state index < -0.39 is 0 Å². The predicted molar refractivity (Wildman–Crippen MR) is 70.7 cm³/mol. The minimum Gasteiger partial charge on any atom is -0.496 e. The smallest absolute Gasteiger partial charge is 0.122 e. The fourth-order valence-corrected chi connectivity index (χ4v) is 1.93. The van der Waals surface area contributed by atoms with E-state index in [1.54, 1.807) is 14.2 Å². The first-order chi connectivity index (χ1) is 8.08. The number of methoxy groups -OCH3 is 2. The van der Waals surface area contributed by atoms with Crippen molar-refractivity contribution in [3.05, 3.63) is 28.8 Å². The molecule has 1 aromatic rings. The standard InChI is InChI=1S/C14H23NO2/c1-11-9-14(17-5)12(2)8-13(11)6-7-15(3)10-16-4/h8-9H,6-7,10H2,1-5H3. The van der Waals surface area contributed by atoms with Gasteiger partial charge in [0.1, 0.15) is 5.75 Å². The fraction of sp³-hybridized carbons (Fsp3) is 0.571. The lowest BCUT2D eigenvalue weighted by atomic mass is 10.0. The summed E-state index contributed by atoms with van der Waals surface area (Å²) in [7, 11) is 5.50. The molecular formula is C14H23NO2. The highest BCUT2D eigenvalue weighted by atomic mass is 16.5. The van der Waals surface area contributed by atoms with Crippen molar-refractivity contribution < 1.29 is 9.47 Å². The van der Waals surface area contributed by atoms with Crippen LogP contribution in [-0.4, -0.2) is 39.4 Å². The Morgan fingerprint density at radius 1 is 1.12 bits per heavy atom. The van der Waals surface area contributed by atoms with E-state index >= 15 is 0 Å². The van der Waals surface area contributed by atoms with E-state index in [1.807, 2.05) is 0 Å². The van der Waals surface area contributed by atoms with E-state index in [1.165, 1.54) is 16.7 Å². The van der Waals surface area contributed by atoms with E-state index in [2.05, 4.69) is 37.9 Å². The molecule has 0 heterocycles. The molecule has 0 atom stereocenters. The average Bonchev–Trinajstić information content (AvgIpc) is 2.30. The summed E-state index contributed by atoms with van der Waals surface area (Å²) in [5, 5.41) is 0. The molecule has 0 spiro atoms. The lowest BCUT2D eigenvalue weighted by Gasteiger charge is -2.17. The van der Waals surface area contributed by atoms with Gasteiger partial charge in [0.15, 0.2) is 0 Å². The first-order valence-corrected chi connectivity index (χ1v) is 5.90. The molecule has 0 saturated carbocycles. The van der Waals surface area contributed by atoms with Crippen LogP contribution < -0.4 is 4.74 Å². The summed E-state index contributed by atoms with van der Waals surface area (Å²) >= 11 is 0. The molecule has 0 fully saturated rings. The third-order valence-corrected chi connectivity index (χ3v) is 2.97. The molecule has 3 nitrogen and oxygen atoms in total. The minimum absolute atomic E-state index is 0.675. The number of rotatable bonds is 6. The van der Waals surface area contributed by atoms with Crippen LogP contribution in [0.3, 0.4) is 0 Å². The Kier molecular flexibility index (Phi) is 5.45. The quantitative estimate of drug-likeness (QED) is 0.709. The van der Waals surface area contributed by atoms with Crippen LogP contribution in [0.25, 0.3) is 0 Å². The molecule has 3 heteroatoms. The third-order valence-electron chi connectivity index (χ3n) is 2.97. The van der Waals surface area contributed by atoms with Crippen LogP contribution in [0.1, 0.15) is 16.7 Å². The van der Waals surface area contributed by atoms with Gasteiger partial charge in [-0.3, -0.25) is 4.90 Å². The largest absolute Gasteiger partial charge is 0.496 e. The molecule has 1 rings (SSSR count). The van der Waals surface area contributed by atoms with Gasteiger partial charge in [0.05, 0.1) is 13.8 Å².